The monoisotopic (exact) mass is 393 g/mol. The van der Waals surface area contributed by atoms with Crippen molar-refractivity contribution in [1.29, 1.82) is 0 Å². The van der Waals surface area contributed by atoms with Crippen LogP contribution in [0.15, 0.2) is 57.5 Å². The third-order valence-corrected chi connectivity index (χ3v) is 4.71. The van der Waals surface area contributed by atoms with Gasteiger partial charge in [0.05, 0.1) is 6.04 Å². The highest BCUT2D eigenvalue weighted by Gasteiger charge is 2.16. The first kappa shape index (κ1) is 18.9. The third kappa shape index (κ3) is 4.18. The largest absolute Gasteiger partial charge is 0.459 e. The second-order valence-corrected chi connectivity index (χ2v) is 6.95. The molecule has 1 unspecified atom stereocenters. The van der Waals surface area contributed by atoms with Crippen LogP contribution >= 0.6 is 0 Å². The minimum absolute atomic E-state index is 0.154. The van der Waals surface area contributed by atoms with Crippen LogP contribution in [0.3, 0.4) is 0 Å². The summed E-state index contributed by atoms with van der Waals surface area (Å²) < 4.78 is 24.7. The predicted octanol–water partition coefficient (Wildman–Crippen LogP) is 4.74. The van der Waals surface area contributed by atoms with Crippen LogP contribution in [0, 0.1) is 12.7 Å². The molecule has 6 nitrogen and oxygen atoms in total. The Bertz CT molecular complexity index is 1130. The van der Waals surface area contributed by atoms with Crippen molar-refractivity contribution in [3.63, 3.8) is 0 Å². The number of nitrogens with one attached hydrogen (secondary N) is 1. The molecule has 0 aliphatic carbocycles. The average molecular weight is 393 g/mol. The lowest BCUT2D eigenvalue weighted by Crippen LogP contribution is -2.26. The number of carbonyl (C=O) groups is 1. The van der Waals surface area contributed by atoms with E-state index in [4.69, 9.17) is 8.94 Å². The number of furan rings is 1. The van der Waals surface area contributed by atoms with E-state index in [0.29, 0.717) is 35.0 Å². The predicted molar refractivity (Wildman–Crippen MR) is 106 cm³/mol. The second-order valence-electron chi connectivity index (χ2n) is 6.95. The molecule has 0 saturated heterocycles. The van der Waals surface area contributed by atoms with Crippen LogP contribution in [-0.4, -0.2) is 16.0 Å². The minimum atomic E-state index is -0.326. The van der Waals surface area contributed by atoms with Crippen LogP contribution in [0.25, 0.3) is 22.4 Å². The zero-order valence-electron chi connectivity index (χ0n) is 16.1. The maximum Gasteiger partial charge on any atom is 0.227 e. The summed E-state index contributed by atoms with van der Waals surface area (Å²) in [4.78, 5) is 16.5. The van der Waals surface area contributed by atoms with Gasteiger partial charge in [-0.25, -0.2) is 4.39 Å². The molecule has 0 fully saturated rings. The summed E-state index contributed by atoms with van der Waals surface area (Å²) in [5.74, 6) is 0.843. The van der Waals surface area contributed by atoms with Gasteiger partial charge in [-0.3, -0.25) is 4.79 Å². The molecule has 4 aromatic rings. The van der Waals surface area contributed by atoms with Gasteiger partial charge in [-0.2, -0.15) is 4.98 Å². The van der Waals surface area contributed by atoms with Crippen molar-refractivity contribution in [2.24, 2.45) is 0 Å². The molecule has 0 aliphatic rings. The molecule has 1 amide bonds. The Kier molecular flexibility index (Phi) is 5.12. The van der Waals surface area contributed by atoms with E-state index in [1.807, 2.05) is 37.3 Å². The fraction of sp³-hybridized carbons (Fsp3) is 0.227. The number of fused-ring (bicyclic) bond motifs is 1. The molecule has 2 aromatic carbocycles. The molecule has 1 N–H and O–H groups in total. The van der Waals surface area contributed by atoms with E-state index in [2.05, 4.69) is 15.5 Å². The lowest BCUT2D eigenvalue weighted by Gasteiger charge is -2.10. The first-order chi connectivity index (χ1) is 14.0. The molecule has 0 saturated carbocycles. The average Bonchev–Trinajstić information content (AvgIpc) is 3.35. The Balaban J connectivity index is 1.34. The summed E-state index contributed by atoms with van der Waals surface area (Å²) >= 11 is 0. The van der Waals surface area contributed by atoms with E-state index < -0.39 is 0 Å². The van der Waals surface area contributed by atoms with Gasteiger partial charge in [0, 0.05) is 23.8 Å². The van der Waals surface area contributed by atoms with Crippen LogP contribution in [-0.2, 0) is 11.2 Å². The third-order valence-electron chi connectivity index (χ3n) is 4.71. The van der Waals surface area contributed by atoms with Crippen LogP contribution in [0.2, 0.25) is 0 Å². The Hall–Kier alpha value is -3.48. The standard InChI is InChI=1S/C22H20FN3O3/c1-13-7-8-16(11-17(13)23)22-25-21(29-26-22)10-9-20(27)24-14(2)19-12-15-5-3-4-6-18(15)28-19/h3-8,11-12,14H,9-10H2,1-2H3,(H,24,27). The Morgan fingerprint density at radius 2 is 2.03 bits per heavy atom. The molecule has 2 aromatic heterocycles. The molecule has 4 rings (SSSR count). The second kappa shape index (κ2) is 7.87. The molecular formula is C22H20FN3O3. The smallest absolute Gasteiger partial charge is 0.227 e. The van der Waals surface area contributed by atoms with Gasteiger partial charge in [0.1, 0.15) is 17.2 Å². The SMILES string of the molecule is Cc1ccc(-c2noc(CCC(=O)NC(C)c3cc4ccccc4o3)n2)cc1F. The zero-order valence-corrected chi connectivity index (χ0v) is 16.1. The molecule has 1 atom stereocenters. The molecule has 148 valence electrons. The summed E-state index contributed by atoms with van der Waals surface area (Å²) in [7, 11) is 0. The van der Waals surface area contributed by atoms with E-state index in [1.54, 1.807) is 19.1 Å². The molecule has 2 heterocycles. The van der Waals surface area contributed by atoms with Gasteiger partial charge in [-0.1, -0.05) is 35.5 Å². The maximum atomic E-state index is 13.7. The number of amides is 1. The van der Waals surface area contributed by atoms with Gasteiger partial charge >= 0.3 is 0 Å². The number of aryl methyl sites for hydroxylation is 2. The Morgan fingerprint density at radius 1 is 1.21 bits per heavy atom. The van der Waals surface area contributed by atoms with Gasteiger partial charge in [0.25, 0.3) is 0 Å². The number of aromatic nitrogens is 2. The van der Waals surface area contributed by atoms with E-state index >= 15 is 0 Å². The van der Waals surface area contributed by atoms with Crippen molar-refractivity contribution >= 4 is 16.9 Å². The van der Waals surface area contributed by atoms with Crippen molar-refractivity contribution < 1.29 is 18.1 Å². The first-order valence-electron chi connectivity index (χ1n) is 9.36. The summed E-state index contributed by atoms with van der Waals surface area (Å²) in [6, 6.07) is 14.1. The van der Waals surface area contributed by atoms with Crippen molar-refractivity contribution in [2.75, 3.05) is 0 Å². The van der Waals surface area contributed by atoms with Crippen molar-refractivity contribution in [1.82, 2.24) is 15.5 Å². The summed E-state index contributed by atoms with van der Waals surface area (Å²) in [6.45, 7) is 3.55. The minimum Gasteiger partial charge on any atom is -0.459 e. The number of nitrogens with zero attached hydrogens (tertiary/aromatic N) is 2. The fourth-order valence-corrected chi connectivity index (χ4v) is 3.03. The van der Waals surface area contributed by atoms with E-state index in [-0.39, 0.29) is 24.2 Å². The van der Waals surface area contributed by atoms with Crippen molar-refractivity contribution in [3.05, 3.63) is 71.6 Å². The lowest BCUT2D eigenvalue weighted by atomic mass is 10.1. The van der Waals surface area contributed by atoms with Crippen LogP contribution in [0.5, 0.6) is 0 Å². The first-order valence-corrected chi connectivity index (χ1v) is 9.36. The number of hydrogen-bond acceptors (Lipinski definition) is 5. The van der Waals surface area contributed by atoms with Gasteiger partial charge in [-0.15, -0.1) is 0 Å². The van der Waals surface area contributed by atoms with E-state index in [0.717, 1.165) is 11.0 Å². The van der Waals surface area contributed by atoms with Crippen LogP contribution in [0.4, 0.5) is 4.39 Å². The van der Waals surface area contributed by atoms with Crippen molar-refractivity contribution in [2.45, 2.75) is 32.7 Å². The highest BCUT2D eigenvalue weighted by Crippen LogP contribution is 2.24. The zero-order chi connectivity index (χ0) is 20.4. The quantitative estimate of drug-likeness (QED) is 0.512. The fourth-order valence-electron chi connectivity index (χ4n) is 3.03. The number of benzene rings is 2. The molecule has 0 bridgehead atoms. The van der Waals surface area contributed by atoms with E-state index in [1.165, 1.54) is 6.07 Å². The van der Waals surface area contributed by atoms with Gasteiger partial charge in [-0.05, 0) is 37.6 Å². The lowest BCUT2D eigenvalue weighted by molar-refractivity contribution is -0.121. The molecule has 7 heteroatoms. The van der Waals surface area contributed by atoms with Gasteiger partial charge in [0.2, 0.25) is 17.6 Å². The molecule has 0 radical (unpaired) electrons. The number of para-hydroxylation sites is 1. The topological polar surface area (TPSA) is 81.2 Å². The molecular weight excluding hydrogens is 373 g/mol. The number of rotatable bonds is 6. The highest BCUT2D eigenvalue weighted by atomic mass is 19.1. The van der Waals surface area contributed by atoms with E-state index in [9.17, 15) is 9.18 Å². The summed E-state index contributed by atoms with van der Waals surface area (Å²) in [5.41, 5.74) is 1.87. The summed E-state index contributed by atoms with van der Waals surface area (Å²) in [5, 5.41) is 7.77. The maximum absolute atomic E-state index is 13.7. The van der Waals surface area contributed by atoms with Gasteiger partial charge in [0.15, 0.2) is 0 Å². The molecule has 0 aliphatic heterocycles. The molecule has 29 heavy (non-hydrogen) atoms. The van der Waals surface area contributed by atoms with Crippen LogP contribution < -0.4 is 5.32 Å². The molecule has 0 spiro atoms. The van der Waals surface area contributed by atoms with Crippen LogP contribution in [0.1, 0.15) is 36.6 Å². The van der Waals surface area contributed by atoms with Crippen molar-refractivity contribution in [3.8, 4) is 11.4 Å². The highest BCUT2D eigenvalue weighted by molar-refractivity contribution is 5.79. The number of halogens is 1. The van der Waals surface area contributed by atoms with Gasteiger partial charge < -0.3 is 14.3 Å². The summed E-state index contributed by atoms with van der Waals surface area (Å²) in [6.07, 6.45) is 0.481. The Morgan fingerprint density at radius 3 is 2.83 bits per heavy atom. The number of hydrogen-bond donors (Lipinski definition) is 1. The number of carbonyl (C=O) groups excluding carboxylic acids is 1. The Labute approximate surface area is 166 Å². The normalized spacial score (nSPS) is 12.2.